The molecular formula is C16H13N5OS. The first-order valence-electron chi connectivity index (χ1n) is 7.01. The third-order valence-corrected chi connectivity index (χ3v) is 4.44. The third kappa shape index (κ3) is 2.09. The minimum Gasteiger partial charge on any atom is -0.374 e. The van der Waals surface area contributed by atoms with E-state index < -0.39 is 5.60 Å². The molecule has 0 bridgehead atoms. The van der Waals surface area contributed by atoms with Crippen LogP contribution >= 0.6 is 11.3 Å². The Morgan fingerprint density at radius 3 is 2.04 bits per heavy atom. The molecule has 0 amide bonds. The molecular weight excluding hydrogens is 310 g/mol. The van der Waals surface area contributed by atoms with Crippen LogP contribution in [0.1, 0.15) is 17.0 Å². The van der Waals surface area contributed by atoms with E-state index in [0.717, 1.165) is 0 Å². The number of aromatic nitrogens is 4. The van der Waals surface area contributed by atoms with Crippen LogP contribution in [0.4, 0.5) is 5.13 Å². The topological polar surface area (TPSA) is 89.3 Å². The summed E-state index contributed by atoms with van der Waals surface area (Å²) in [4.78, 5) is 0.544. The standard InChI is InChI=1S/C16H13N5OS/c17-14-20-21-13(18-19-15(21)23-14)16(22,11-7-3-1-4-8-11)12-9-5-2-6-10-12/h1-10,22H,(H2,17,20). The van der Waals surface area contributed by atoms with Gasteiger partial charge in [-0.2, -0.15) is 4.52 Å². The van der Waals surface area contributed by atoms with E-state index in [1.807, 2.05) is 60.7 Å². The number of rotatable bonds is 3. The molecule has 4 aromatic rings. The number of nitrogens with two attached hydrogens (primary N) is 1. The Hall–Kier alpha value is -2.77. The van der Waals surface area contributed by atoms with Crippen LogP contribution in [0.25, 0.3) is 4.96 Å². The van der Waals surface area contributed by atoms with E-state index in [1.54, 1.807) is 0 Å². The molecule has 0 aliphatic carbocycles. The van der Waals surface area contributed by atoms with Gasteiger partial charge in [0.05, 0.1) is 0 Å². The quantitative estimate of drug-likeness (QED) is 0.602. The molecule has 0 atom stereocenters. The molecule has 6 nitrogen and oxygen atoms in total. The number of nitrogens with zero attached hydrogens (tertiary/aromatic N) is 4. The lowest BCUT2D eigenvalue weighted by molar-refractivity contribution is 0.113. The number of nitrogen functional groups attached to an aromatic ring is 1. The summed E-state index contributed by atoms with van der Waals surface area (Å²) < 4.78 is 1.50. The van der Waals surface area contributed by atoms with E-state index in [2.05, 4.69) is 15.3 Å². The Morgan fingerprint density at radius 2 is 1.48 bits per heavy atom. The maximum atomic E-state index is 11.6. The fourth-order valence-corrected chi connectivity index (χ4v) is 3.25. The van der Waals surface area contributed by atoms with E-state index >= 15 is 0 Å². The summed E-state index contributed by atoms with van der Waals surface area (Å²) in [5, 5.41) is 24.5. The van der Waals surface area contributed by atoms with Gasteiger partial charge in [-0.1, -0.05) is 72.0 Å². The molecule has 0 saturated heterocycles. The maximum absolute atomic E-state index is 11.6. The molecule has 4 rings (SSSR count). The predicted molar refractivity (Wildman–Crippen MR) is 88.1 cm³/mol. The van der Waals surface area contributed by atoms with Gasteiger partial charge in [-0.25, -0.2) is 0 Å². The monoisotopic (exact) mass is 323 g/mol. The lowest BCUT2D eigenvalue weighted by Crippen LogP contribution is -2.31. The van der Waals surface area contributed by atoms with Crippen molar-refractivity contribution >= 4 is 21.4 Å². The van der Waals surface area contributed by atoms with Gasteiger partial charge in [0.15, 0.2) is 11.4 Å². The minimum absolute atomic E-state index is 0.317. The number of anilines is 1. The molecule has 0 aliphatic rings. The molecule has 0 fully saturated rings. The number of hydrogen-bond acceptors (Lipinski definition) is 6. The van der Waals surface area contributed by atoms with Crippen LogP contribution in [-0.4, -0.2) is 24.9 Å². The first-order chi connectivity index (χ1) is 11.2. The molecule has 3 N–H and O–H groups in total. The van der Waals surface area contributed by atoms with Gasteiger partial charge in [0.1, 0.15) is 0 Å². The highest BCUT2D eigenvalue weighted by atomic mass is 32.1. The van der Waals surface area contributed by atoms with Crippen molar-refractivity contribution in [2.24, 2.45) is 0 Å². The molecule has 2 aromatic carbocycles. The van der Waals surface area contributed by atoms with Crippen LogP contribution in [0.2, 0.25) is 0 Å². The van der Waals surface area contributed by atoms with Crippen LogP contribution in [-0.2, 0) is 5.60 Å². The maximum Gasteiger partial charge on any atom is 0.236 e. The van der Waals surface area contributed by atoms with Gasteiger partial charge in [0.2, 0.25) is 10.1 Å². The Kier molecular flexibility index (Phi) is 3.10. The first-order valence-corrected chi connectivity index (χ1v) is 7.83. The molecule has 114 valence electrons. The van der Waals surface area contributed by atoms with Gasteiger partial charge in [-0.05, 0) is 11.1 Å². The largest absolute Gasteiger partial charge is 0.374 e. The summed E-state index contributed by atoms with van der Waals surface area (Å²) in [5.41, 5.74) is 5.67. The van der Waals surface area contributed by atoms with Crippen molar-refractivity contribution in [2.45, 2.75) is 5.60 Å². The average Bonchev–Trinajstić information content (AvgIpc) is 3.15. The zero-order chi connectivity index (χ0) is 15.9. The Labute approximate surface area is 135 Å². The van der Waals surface area contributed by atoms with E-state index in [1.165, 1.54) is 15.9 Å². The van der Waals surface area contributed by atoms with E-state index in [-0.39, 0.29) is 0 Å². The number of fused-ring (bicyclic) bond motifs is 1. The smallest absolute Gasteiger partial charge is 0.236 e. The molecule has 2 aromatic heterocycles. The van der Waals surface area contributed by atoms with E-state index in [9.17, 15) is 5.11 Å². The van der Waals surface area contributed by atoms with Crippen molar-refractivity contribution in [2.75, 3.05) is 5.73 Å². The molecule has 0 unspecified atom stereocenters. The first kappa shape index (κ1) is 13.9. The Balaban J connectivity index is 2.03. The normalized spacial score (nSPS) is 11.9. The fourth-order valence-electron chi connectivity index (χ4n) is 2.64. The van der Waals surface area contributed by atoms with Crippen molar-refractivity contribution < 1.29 is 5.11 Å². The van der Waals surface area contributed by atoms with Crippen LogP contribution in [0.15, 0.2) is 60.7 Å². The van der Waals surface area contributed by atoms with Crippen LogP contribution < -0.4 is 5.73 Å². The molecule has 0 saturated carbocycles. The number of benzene rings is 2. The highest BCUT2D eigenvalue weighted by Crippen LogP contribution is 2.36. The second kappa shape index (κ2) is 5.15. The van der Waals surface area contributed by atoms with Gasteiger partial charge >= 0.3 is 0 Å². The summed E-state index contributed by atoms with van der Waals surface area (Å²) in [6.07, 6.45) is 0. The van der Waals surface area contributed by atoms with Crippen LogP contribution in [0.5, 0.6) is 0 Å². The fraction of sp³-hybridized carbons (Fsp3) is 0.0625. The minimum atomic E-state index is -1.47. The second-order valence-corrected chi connectivity index (χ2v) is 6.09. The van der Waals surface area contributed by atoms with E-state index in [4.69, 9.17) is 5.73 Å². The van der Waals surface area contributed by atoms with Crippen molar-refractivity contribution in [3.8, 4) is 0 Å². The molecule has 7 heteroatoms. The molecule has 0 spiro atoms. The van der Waals surface area contributed by atoms with Crippen LogP contribution in [0, 0.1) is 0 Å². The highest BCUT2D eigenvalue weighted by molar-refractivity contribution is 7.20. The van der Waals surface area contributed by atoms with Crippen molar-refractivity contribution in [3.63, 3.8) is 0 Å². The SMILES string of the molecule is Nc1nn2c(C(O)(c3ccccc3)c3ccccc3)nnc2s1. The van der Waals surface area contributed by atoms with Crippen molar-refractivity contribution in [1.29, 1.82) is 0 Å². The van der Waals surface area contributed by atoms with Gasteiger partial charge in [0.25, 0.3) is 0 Å². The molecule has 0 radical (unpaired) electrons. The molecule has 23 heavy (non-hydrogen) atoms. The predicted octanol–water partition coefficient (Wildman–Crippen LogP) is 2.05. The third-order valence-electron chi connectivity index (χ3n) is 3.71. The van der Waals surface area contributed by atoms with Gasteiger partial charge < -0.3 is 10.8 Å². The lowest BCUT2D eigenvalue weighted by atomic mass is 9.85. The highest BCUT2D eigenvalue weighted by Gasteiger charge is 2.39. The van der Waals surface area contributed by atoms with Gasteiger partial charge in [0, 0.05) is 0 Å². The zero-order valence-electron chi connectivity index (χ0n) is 12.0. The van der Waals surface area contributed by atoms with E-state index in [0.29, 0.717) is 27.0 Å². The summed E-state index contributed by atoms with van der Waals surface area (Å²) in [6, 6.07) is 18.7. The van der Waals surface area contributed by atoms with Gasteiger partial charge in [-0.3, -0.25) is 0 Å². The number of hydrogen-bond donors (Lipinski definition) is 2. The Bertz CT molecular complexity index is 909. The van der Waals surface area contributed by atoms with Crippen molar-refractivity contribution in [1.82, 2.24) is 19.8 Å². The summed E-state index contributed by atoms with van der Waals surface area (Å²) >= 11 is 1.22. The average molecular weight is 323 g/mol. The summed E-state index contributed by atoms with van der Waals surface area (Å²) in [6.45, 7) is 0. The summed E-state index contributed by atoms with van der Waals surface area (Å²) in [5.74, 6) is 0.317. The molecule has 0 aliphatic heterocycles. The van der Waals surface area contributed by atoms with Gasteiger partial charge in [-0.15, -0.1) is 15.3 Å². The number of aliphatic hydroxyl groups is 1. The summed E-state index contributed by atoms with van der Waals surface area (Å²) in [7, 11) is 0. The Morgan fingerprint density at radius 1 is 0.913 bits per heavy atom. The zero-order valence-corrected chi connectivity index (χ0v) is 12.8. The van der Waals surface area contributed by atoms with Crippen LogP contribution in [0.3, 0.4) is 0 Å². The second-order valence-electron chi connectivity index (χ2n) is 5.10. The lowest BCUT2D eigenvalue weighted by Gasteiger charge is -2.26. The van der Waals surface area contributed by atoms with Crippen molar-refractivity contribution in [3.05, 3.63) is 77.6 Å². The molecule has 2 heterocycles.